The van der Waals surface area contributed by atoms with Gasteiger partial charge in [-0.2, -0.15) is 5.10 Å². The molecule has 8 nitrogen and oxygen atoms in total. The Bertz CT molecular complexity index is 1450. The lowest BCUT2D eigenvalue weighted by Crippen LogP contribution is -2.28. The predicted molar refractivity (Wildman–Crippen MR) is 128 cm³/mol. The van der Waals surface area contributed by atoms with Gasteiger partial charge in [0.1, 0.15) is 5.76 Å². The molecule has 0 saturated heterocycles. The lowest BCUT2D eigenvalue weighted by atomic mass is 10.0. The second kappa shape index (κ2) is 8.78. The Balaban J connectivity index is 1.55. The highest BCUT2D eigenvalue weighted by Crippen LogP contribution is 2.35. The van der Waals surface area contributed by atoms with E-state index in [0.717, 1.165) is 47.8 Å². The summed E-state index contributed by atoms with van der Waals surface area (Å²) in [5.74, 6) is 0.418. The topological polar surface area (TPSA) is 110 Å². The molecule has 3 heterocycles. The minimum atomic E-state index is -0.306. The molecule has 0 unspecified atom stereocenters. The van der Waals surface area contributed by atoms with Gasteiger partial charge in [-0.25, -0.2) is 0 Å². The Morgan fingerprint density at radius 3 is 2.74 bits per heavy atom. The van der Waals surface area contributed by atoms with Gasteiger partial charge < -0.3 is 14.7 Å². The third-order valence-electron chi connectivity index (χ3n) is 6.58. The molecule has 1 fully saturated rings. The van der Waals surface area contributed by atoms with E-state index in [1.54, 1.807) is 24.4 Å². The SMILES string of the molecule is Cc1cc(C)c(CNC(=O)c2cc(-c3ccc(C=O)o3)cc3c2cnn3C2CCCC2)c(=O)[nH]1. The zero-order valence-corrected chi connectivity index (χ0v) is 19.2. The fraction of sp³-hybridized carbons (Fsp3) is 0.308. The highest BCUT2D eigenvalue weighted by molar-refractivity contribution is 6.07. The molecule has 0 bridgehead atoms. The van der Waals surface area contributed by atoms with Crippen molar-refractivity contribution in [3.63, 3.8) is 0 Å². The molecule has 0 radical (unpaired) electrons. The van der Waals surface area contributed by atoms with Gasteiger partial charge in [0.05, 0.1) is 23.3 Å². The van der Waals surface area contributed by atoms with Crippen LogP contribution in [0.3, 0.4) is 0 Å². The fourth-order valence-electron chi connectivity index (χ4n) is 4.85. The molecular weight excluding hydrogens is 432 g/mol. The molecule has 0 atom stereocenters. The van der Waals surface area contributed by atoms with E-state index in [0.29, 0.717) is 34.8 Å². The zero-order chi connectivity index (χ0) is 23.8. The number of nitrogens with zero attached hydrogens (tertiary/aromatic N) is 2. The van der Waals surface area contributed by atoms with Crippen molar-refractivity contribution in [3.8, 4) is 11.3 Å². The molecule has 34 heavy (non-hydrogen) atoms. The van der Waals surface area contributed by atoms with Crippen molar-refractivity contribution < 1.29 is 14.0 Å². The van der Waals surface area contributed by atoms with Gasteiger partial charge in [0.25, 0.3) is 11.5 Å². The van der Waals surface area contributed by atoms with Crippen LogP contribution in [0, 0.1) is 13.8 Å². The van der Waals surface area contributed by atoms with Crippen LogP contribution >= 0.6 is 0 Å². The molecule has 2 N–H and O–H groups in total. The number of H-pyrrole nitrogens is 1. The second-order valence-electron chi connectivity index (χ2n) is 8.93. The molecular formula is C26H26N4O4. The van der Waals surface area contributed by atoms with Gasteiger partial charge in [-0.05, 0) is 62.6 Å². The Kier molecular flexibility index (Phi) is 5.65. The first-order valence-corrected chi connectivity index (χ1v) is 11.5. The van der Waals surface area contributed by atoms with Crippen LogP contribution in [0.25, 0.3) is 22.2 Å². The van der Waals surface area contributed by atoms with Crippen molar-refractivity contribution in [1.29, 1.82) is 0 Å². The van der Waals surface area contributed by atoms with Crippen LogP contribution in [-0.4, -0.2) is 27.0 Å². The Labute approximate surface area is 196 Å². The van der Waals surface area contributed by atoms with Crippen molar-refractivity contribution in [1.82, 2.24) is 20.1 Å². The number of benzene rings is 1. The smallest absolute Gasteiger partial charge is 0.253 e. The number of nitrogens with one attached hydrogen (secondary N) is 2. The van der Waals surface area contributed by atoms with E-state index in [4.69, 9.17) is 4.42 Å². The maximum atomic E-state index is 13.3. The molecule has 1 aliphatic rings. The van der Waals surface area contributed by atoms with Gasteiger partial charge in [0.15, 0.2) is 12.0 Å². The summed E-state index contributed by atoms with van der Waals surface area (Å²) in [4.78, 5) is 39.6. The number of aryl methyl sites for hydroxylation is 2. The number of hydrogen-bond donors (Lipinski definition) is 2. The molecule has 174 valence electrons. The van der Waals surface area contributed by atoms with Crippen LogP contribution < -0.4 is 10.9 Å². The van der Waals surface area contributed by atoms with Gasteiger partial charge >= 0.3 is 0 Å². The minimum absolute atomic E-state index is 0.110. The van der Waals surface area contributed by atoms with Crippen LogP contribution in [0.5, 0.6) is 0 Å². The lowest BCUT2D eigenvalue weighted by molar-refractivity contribution is 0.0952. The van der Waals surface area contributed by atoms with Crippen LogP contribution in [0.1, 0.15) is 69.5 Å². The van der Waals surface area contributed by atoms with Crippen molar-refractivity contribution in [3.05, 3.63) is 75.0 Å². The van der Waals surface area contributed by atoms with Crippen LogP contribution in [0.2, 0.25) is 0 Å². The first-order chi connectivity index (χ1) is 16.4. The fourth-order valence-corrected chi connectivity index (χ4v) is 4.85. The number of aromatic nitrogens is 3. The zero-order valence-electron chi connectivity index (χ0n) is 19.2. The van der Waals surface area contributed by atoms with E-state index in [1.165, 1.54) is 0 Å². The van der Waals surface area contributed by atoms with Crippen molar-refractivity contribution in [2.45, 2.75) is 52.1 Å². The molecule has 5 rings (SSSR count). The summed E-state index contributed by atoms with van der Waals surface area (Å²) in [6.07, 6.45) is 6.80. The summed E-state index contributed by atoms with van der Waals surface area (Å²) < 4.78 is 7.64. The molecule has 1 aromatic carbocycles. The number of hydrogen-bond acceptors (Lipinski definition) is 5. The summed E-state index contributed by atoms with van der Waals surface area (Å²) in [5.41, 5.74) is 3.91. The molecule has 3 aromatic heterocycles. The summed E-state index contributed by atoms with van der Waals surface area (Å²) in [7, 11) is 0. The van der Waals surface area contributed by atoms with E-state index in [1.807, 2.05) is 30.7 Å². The van der Waals surface area contributed by atoms with Gasteiger partial charge in [-0.3, -0.25) is 19.1 Å². The third kappa shape index (κ3) is 3.96. The summed E-state index contributed by atoms with van der Waals surface area (Å²) in [6, 6.07) is 9.21. The Morgan fingerprint density at radius 1 is 1.24 bits per heavy atom. The number of furan rings is 1. The van der Waals surface area contributed by atoms with Crippen LogP contribution in [0.15, 0.2) is 45.7 Å². The van der Waals surface area contributed by atoms with Crippen molar-refractivity contribution in [2.75, 3.05) is 0 Å². The van der Waals surface area contributed by atoms with E-state index in [2.05, 4.69) is 15.4 Å². The molecule has 1 saturated carbocycles. The van der Waals surface area contributed by atoms with Gasteiger partial charge in [-0.1, -0.05) is 12.8 Å². The average molecular weight is 459 g/mol. The van der Waals surface area contributed by atoms with Gasteiger partial charge in [0.2, 0.25) is 0 Å². The minimum Gasteiger partial charge on any atom is -0.453 e. The quantitative estimate of drug-likeness (QED) is 0.415. The molecule has 1 aliphatic carbocycles. The van der Waals surface area contributed by atoms with E-state index in [9.17, 15) is 14.4 Å². The number of fused-ring (bicyclic) bond motifs is 1. The van der Waals surface area contributed by atoms with E-state index >= 15 is 0 Å². The van der Waals surface area contributed by atoms with Crippen molar-refractivity contribution >= 4 is 23.1 Å². The van der Waals surface area contributed by atoms with E-state index in [-0.39, 0.29) is 23.8 Å². The second-order valence-corrected chi connectivity index (χ2v) is 8.93. The Hall–Kier alpha value is -3.94. The number of carbonyl (C=O) groups excluding carboxylic acids is 2. The molecule has 8 heteroatoms. The van der Waals surface area contributed by atoms with Crippen LogP contribution in [0.4, 0.5) is 0 Å². The molecule has 1 amide bonds. The molecule has 4 aromatic rings. The predicted octanol–water partition coefficient (Wildman–Crippen LogP) is 4.46. The van der Waals surface area contributed by atoms with Crippen LogP contribution in [-0.2, 0) is 6.54 Å². The monoisotopic (exact) mass is 458 g/mol. The first-order valence-electron chi connectivity index (χ1n) is 11.5. The normalized spacial score (nSPS) is 14.1. The van der Waals surface area contributed by atoms with Gasteiger partial charge in [0, 0.05) is 28.8 Å². The summed E-state index contributed by atoms with van der Waals surface area (Å²) in [5, 5.41) is 8.27. The summed E-state index contributed by atoms with van der Waals surface area (Å²) >= 11 is 0. The number of carbonyl (C=O) groups is 2. The lowest BCUT2D eigenvalue weighted by Gasteiger charge is -2.13. The third-order valence-corrected chi connectivity index (χ3v) is 6.58. The van der Waals surface area contributed by atoms with E-state index < -0.39 is 0 Å². The number of aromatic amines is 1. The number of aldehydes is 1. The van der Waals surface area contributed by atoms with Gasteiger partial charge in [-0.15, -0.1) is 0 Å². The largest absolute Gasteiger partial charge is 0.453 e. The molecule has 0 spiro atoms. The number of pyridine rings is 1. The highest BCUT2D eigenvalue weighted by atomic mass is 16.3. The summed E-state index contributed by atoms with van der Waals surface area (Å²) in [6.45, 7) is 3.79. The standard InChI is InChI=1S/C26H26N4O4/c1-15-9-16(2)29-26(33)21(15)12-27-25(32)20-10-17(24-8-7-19(14-31)34-24)11-23-22(20)13-28-30(23)18-5-3-4-6-18/h7-11,13-14,18H,3-6,12H2,1-2H3,(H,27,32)(H,29,33). The maximum absolute atomic E-state index is 13.3. The average Bonchev–Trinajstić information content (AvgIpc) is 3.57. The van der Waals surface area contributed by atoms with Crippen molar-refractivity contribution in [2.24, 2.45) is 0 Å². The Morgan fingerprint density at radius 2 is 2.03 bits per heavy atom. The number of rotatable bonds is 6. The molecule has 0 aliphatic heterocycles. The highest BCUT2D eigenvalue weighted by Gasteiger charge is 2.23. The first kappa shape index (κ1) is 21.9. The number of amides is 1. The maximum Gasteiger partial charge on any atom is 0.253 e.